The monoisotopic (exact) mass is 323 g/mol. The van der Waals surface area contributed by atoms with E-state index in [1.165, 1.54) is 11.8 Å². The van der Waals surface area contributed by atoms with Gasteiger partial charge in [0.15, 0.2) is 0 Å². The normalized spacial score (nSPS) is 34.1. The van der Waals surface area contributed by atoms with Gasteiger partial charge in [0.05, 0.1) is 17.5 Å². The van der Waals surface area contributed by atoms with E-state index < -0.39 is 5.97 Å². The second-order valence-corrected chi connectivity index (χ2v) is 7.32. The molecule has 1 aromatic rings. The van der Waals surface area contributed by atoms with Crippen molar-refractivity contribution in [3.8, 4) is 5.75 Å². The Hall–Kier alpha value is -2.43. The molecule has 0 aromatic heterocycles. The highest BCUT2D eigenvalue weighted by Gasteiger charge is 2.73. The van der Waals surface area contributed by atoms with Crippen LogP contribution in [0.2, 0.25) is 0 Å². The molecule has 2 saturated carbocycles. The fourth-order valence-electron chi connectivity index (χ4n) is 5.18. The van der Waals surface area contributed by atoms with E-state index in [9.17, 15) is 14.4 Å². The Bertz CT molecular complexity index is 788. The van der Waals surface area contributed by atoms with Crippen LogP contribution in [0.25, 0.3) is 0 Å². The van der Waals surface area contributed by atoms with Crippen LogP contribution in [0.5, 0.6) is 5.75 Å². The Morgan fingerprint density at radius 3 is 2.29 bits per heavy atom. The summed E-state index contributed by atoms with van der Waals surface area (Å²) in [7, 11) is 0. The summed E-state index contributed by atoms with van der Waals surface area (Å²) in [5.74, 6) is -0.296. The number of imide groups is 1. The molecule has 122 valence electrons. The predicted molar refractivity (Wildman–Crippen MR) is 85.0 cm³/mol. The molecule has 5 nitrogen and oxygen atoms in total. The van der Waals surface area contributed by atoms with Crippen LogP contribution in [-0.4, -0.2) is 17.8 Å². The highest BCUT2D eigenvalue weighted by molar-refractivity contribution is 6.23. The number of carbonyl (C=O) groups is 3. The average molecular weight is 323 g/mol. The van der Waals surface area contributed by atoms with E-state index in [1.807, 2.05) is 0 Å². The molecule has 2 bridgehead atoms. The molecule has 0 N–H and O–H groups in total. The molecular formula is C19H17NO4. The van der Waals surface area contributed by atoms with Crippen molar-refractivity contribution >= 4 is 23.5 Å². The van der Waals surface area contributed by atoms with Crippen LogP contribution in [0, 0.1) is 29.1 Å². The number of benzene rings is 1. The van der Waals surface area contributed by atoms with Gasteiger partial charge in [-0.3, -0.25) is 14.4 Å². The Labute approximate surface area is 139 Å². The van der Waals surface area contributed by atoms with Gasteiger partial charge in [-0.2, -0.15) is 0 Å². The maximum Gasteiger partial charge on any atom is 0.308 e. The molecule has 0 radical (unpaired) electrons. The second kappa shape index (κ2) is 4.35. The lowest BCUT2D eigenvalue weighted by Gasteiger charge is -2.22. The van der Waals surface area contributed by atoms with Gasteiger partial charge < -0.3 is 4.74 Å². The van der Waals surface area contributed by atoms with E-state index in [2.05, 4.69) is 12.2 Å². The number of amides is 2. The molecule has 1 saturated heterocycles. The van der Waals surface area contributed by atoms with Crippen LogP contribution >= 0.6 is 0 Å². The number of ether oxygens (including phenoxy) is 1. The molecular weight excluding hydrogens is 306 g/mol. The van der Waals surface area contributed by atoms with E-state index in [0.717, 1.165) is 12.8 Å². The molecule has 3 fully saturated rings. The summed E-state index contributed by atoms with van der Waals surface area (Å²) < 4.78 is 5.08. The topological polar surface area (TPSA) is 63.7 Å². The van der Waals surface area contributed by atoms with Gasteiger partial charge in [0.25, 0.3) is 0 Å². The summed E-state index contributed by atoms with van der Waals surface area (Å²) in [4.78, 5) is 38.4. The van der Waals surface area contributed by atoms with Crippen LogP contribution in [0.4, 0.5) is 5.69 Å². The molecule has 1 heterocycles. The van der Waals surface area contributed by atoms with E-state index >= 15 is 0 Å². The van der Waals surface area contributed by atoms with Gasteiger partial charge in [0.1, 0.15) is 5.75 Å². The fourth-order valence-corrected chi connectivity index (χ4v) is 5.18. The number of nitrogens with zero attached hydrogens (tertiary/aromatic N) is 1. The minimum atomic E-state index is -0.430. The van der Waals surface area contributed by atoms with Gasteiger partial charge in [0, 0.05) is 13.0 Å². The van der Waals surface area contributed by atoms with Crippen molar-refractivity contribution in [2.45, 2.75) is 19.8 Å². The first-order valence-electron chi connectivity index (χ1n) is 8.37. The lowest BCUT2D eigenvalue weighted by molar-refractivity contribution is -0.132. The average Bonchev–Trinajstić information content (AvgIpc) is 3.12. The minimum absolute atomic E-state index is 0.104. The molecule has 1 spiro atoms. The smallest absolute Gasteiger partial charge is 0.308 e. The Balaban J connectivity index is 1.51. The Morgan fingerprint density at radius 1 is 1.12 bits per heavy atom. The first-order valence-corrected chi connectivity index (χ1v) is 8.37. The molecule has 3 aliphatic carbocycles. The van der Waals surface area contributed by atoms with Crippen LogP contribution in [0.1, 0.15) is 19.8 Å². The SMILES string of the molecule is CC(=O)Oc1cccc(N2C(=O)[C@@H]3[C@H](C2=O)[C@H]2C=C[C@H]3C23CC3)c1. The number of allylic oxidation sites excluding steroid dienone is 2. The highest BCUT2D eigenvalue weighted by Crippen LogP contribution is 2.73. The van der Waals surface area contributed by atoms with E-state index in [0.29, 0.717) is 11.4 Å². The first-order chi connectivity index (χ1) is 11.5. The van der Waals surface area contributed by atoms with E-state index in [1.54, 1.807) is 24.3 Å². The van der Waals surface area contributed by atoms with Gasteiger partial charge in [-0.1, -0.05) is 18.2 Å². The number of hydrogen-bond acceptors (Lipinski definition) is 4. The van der Waals surface area contributed by atoms with Crippen molar-refractivity contribution in [3.63, 3.8) is 0 Å². The third kappa shape index (κ3) is 1.57. The minimum Gasteiger partial charge on any atom is -0.427 e. The second-order valence-electron chi connectivity index (χ2n) is 7.32. The van der Waals surface area contributed by atoms with Crippen molar-refractivity contribution in [2.75, 3.05) is 4.90 Å². The summed E-state index contributed by atoms with van der Waals surface area (Å²) in [6.45, 7) is 1.32. The maximum absolute atomic E-state index is 13.0. The van der Waals surface area contributed by atoms with Gasteiger partial charge in [-0.05, 0) is 42.2 Å². The molecule has 4 atom stereocenters. The Morgan fingerprint density at radius 2 is 1.75 bits per heavy atom. The van der Waals surface area contributed by atoms with Gasteiger partial charge in [0.2, 0.25) is 11.8 Å². The number of rotatable bonds is 2. The number of anilines is 1. The fraction of sp³-hybridized carbons (Fsp3) is 0.421. The molecule has 5 heteroatoms. The van der Waals surface area contributed by atoms with E-state index in [-0.39, 0.29) is 40.9 Å². The third-order valence-electron chi connectivity index (χ3n) is 6.19. The van der Waals surface area contributed by atoms with E-state index in [4.69, 9.17) is 4.74 Å². The molecule has 24 heavy (non-hydrogen) atoms. The number of fused-ring (bicyclic) bond motifs is 3. The van der Waals surface area contributed by atoms with Gasteiger partial charge >= 0.3 is 5.97 Å². The standard InChI is InChI=1S/C19H17NO4/c1-10(21)24-12-4-2-3-11(9-12)20-17(22)15-13-5-6-14(16(15)18(20)23)19(13)7-8-19/h2-6,9,13-16H,7-8H2,1H3/t13-,14-,15-,16+/m1/s1. The zero-order valence-electron chi connectivity index (χ0n) is 13.3. The summed E-state index contributed by atoms with van der Waals surface area (Å²) in [5.41, 5.74) is 0.689. The summed E-state index contributed by atoms with van der Waals surface area (Å²) >= 11 is 0. The van der Waals surface area contributed by atoms with Crippen molar-refractivity contribution < 1.29 is 19.1 Å². The third-order valence-corrected chi connectivity index (χ3v) is 6.19. The molecule has 0 unspecified atom stereocenters. The molecule has 2 amide bonds. The number of esters is 1. The van der Waals surface area contributed by atoms with Crippen molar-refractivity contribution in [2.24, 2.45) is 29.1 Å². The largest absolute Gasteiger partial charge is 0.427 e. The van der Waals surface area contributed by atoms with Crippen molar-refractivity contribution in [1.82, 2.24) is 0 Å². The van der Waals surface area contributed by atoms with Crippen LogP contribution in [0.15, 0.2) is 36.4 Å². The van der Waals surface area contributed by atoms with Crippen LogP contribution < -0.4 is 9.64 Å². The Kier molecular flexibility index (Phi) is 2.53. The summed E-state index contributed by atoms with van der Waals surface area (Å²) in [6.07, 6.45) is 6.57. The lowest BCUT2D eigenvalue weighted by Crippen LogP contribution is -2.34. The van der Waals surface area contributed by atoms with Gasteiger partial charge in [-0.15, -0.1) is 0 Å². The quantitative estimate of drug-likeness (QED) is 0.363. The molecule has 4 aliphatic rings. The number of carbonyl (C=O) groups excluding carboxylic acids is 3. The van der Waals surface area contributed by atoms with Crippen LogP contribution in [-0.2, 0) is 14.4 Å². The zero-order valence-corrected chi connectivity index (χ0v) is 13.3. The molecule has 1 aromatic carbocycles. The molecule has 5 rings (SSSR count). The van der Waals surface area contributed by atoms with Gasteiger partial charge in [-0.25, -0.2) is 4.90 Å². The molecule has 1 aliphatic heterocycles. The lowest BCUT2D eigenvalue weighted by atomic mass is 9.85. The number of hydrogen-bond donors (Lipinski definition) is 0. The van der Waals surface area contributed by atoms with Crippen molar-refractivity contribution in [1.29, 1.82) is 0 Å². The summed E-state index contributed by atoms with van der Waals surface area (Å²) in [5, 5.41) is 0. The first kappa shape index (κ1) is 14.0. The predicted octanol–water partition coefficient (Wildman–Crippen LogP) is 2.31. The highest BCUT2D eigenvalue weighted by atomic mass is 16.5. The zero-order chi connectivity index (χ0) is 16.6. The summed E-state index contributed by atoms with van der Waals surface area (Å²) in [6, 6.07) is 6.63. The van der Waals surface area contributed by atoms with Crippen LogP contribution in [0.3, 0.4) is 0 Å². The maximum atomic E-state index is 13.0. The van der Waals surface area contributed by atoms with Crippen molar-refractivity contribution in [3.05, 3.63) is 36.4 Å².